The van der Waals surface area contributed by atoms with E-state index in [9.17, 15) is 0 Å². The van der Waals surface area contributed by atoms with Crippen molar-refractivity contribution in [3.05, 3.63) is 21.2 Å². The third-order valence-electron chi connectivity index (χ3n) is 2.63. The lowest BCUT2D eigenvalue weighted by atomic mass is 10.4. The molecule has 5 heteroatoms. The molecule has 1 aromatic rings. The Morgan fingerprint density at radius 3 is 2.80 bits per heavy atom. The van der Waals surface area contributed by atoms with Crippen molar-refractivity contribution < 1.29 is 0 Å². The van der Waals surface area contributed by atoms with Gasteiger partial charge in [-0.3, -0.25) is 0 Å². The highest BCUT2D eigenvalue weighted by Crippen LogP contribution is 2.47. The Kier molecular flexibility index (Phi) is 3.63. The third-order valence-corrected chi connectivity index (χ3v) is 5.08. The molecule has 1 aliphatic rings. The van der Waals surface area contributed by atoms with Crippen molar-refractivity contribution in [3.8, 4) is 0 Å². The summed E-state index contributed by atoms with van der Waals surface area (Å²) in [4.78, 5) is 4.33. The third kappa shape index (κ3) is 2.88. The van der Waals surface area contributed by atoms with E-state index in [1.807, 2.05) is 24.0 Å². The van der Waals surface area contributed by atoms with Gasteiger partial charge in [0.2, 0.25) is 0 Å². The van der Waals surface area contributed by atoms with E-state index in [0.29, 0.717) is 4.75 Å². The van der Waals surface area contributed by atoms with Crippen LogP contribution >= 0.6 is 43.6 Å². The van der Waals surface area contributed by atoms with Gasteiger partial charge in [0.05, 0.1) is 4.47 Å². The summed E-state index contributed by atoms with van der Waals surface area (Å²) in [5, 5.41) is 3.39. The first-order valence-electron chi connectivity index (χ1n) is 4.75. The molecule has 82 valence electrons. The lowest BCUT2D eigenvalue weighted by molar-refractivity contribution is 0.938. The highest BCUT2D eigenvalue weighted by atomic mass is 79.9. The van der Waals surface area contributed by atoms with Gasteiger partial charge in [0.15, 0.2) is 0 Å². The molecule has 0 saturated heterocycles. The van der Waals surface area contributed by atoms with E-state index in [0.717, 1.165) is 21.3 Å². The van der Waals surface area contributed by atoms with E-state index in [4.69, 9.17) is 0 Å². The van der Waals surface area contributed by atoms with Crippen molar-refractivity contribution in [1.82, 2.24) is 4.98 Å². The molecular weight excluding hydrogens is 340 g/mol. The molecule has 15 heavy (non-hydrogen) atoms. The molecule has 0 aromatic carbocycles. The number of hydrogen-bond donors (Lipinski definition) is 1. The van der Waals surface area contributed by atoms with Gasteiger partial charge in [0.25, 0.3) is 0 Å². The van der Waals surface area contributed by atoms with Crippen LogP contribution in [0.1, 0.15) is 12.8 Å². The highest BCUT2D eigenvalue weighted by Gasteiger charge is 2.41. The van der Waals surface area contributed by atoms with Crippen LogP contribution in [0.2, 0.25) is 0 Å². The molecule has 0 spiro atoms. The van der Waals surface area contributed by atoms with Crippen LogP contribution < -0.4 is 5.32 Å². The Balaban J connectivity index is 1.99. The monoisotopic (exact) mass is 350 g/mol. The van der Waals surface area contributed by atoms with E-state index < -0.39 is 0 Å². The summed E-state index contributed by atoms with van der Waals surface area (Å²) in [5.41, 5.74) is 0. The normalized spacial score (nSPS) is 17.5. The molecule has 1 N–H and O–H groups in total. The van der Waals surface area contributed by atoms with Gasteiger partial charge < -0.3 is 5.32 Å². The molecule has 0 amide bonds. The summed E-state index contributed by atoms with van der Waals surface area (Å²) in [5.74, 6) is 0.929. The second kappa shape index (κ2) is 4.63. The number of nitrogens with zero attached hydrogens (tertiary/aromatic N) is 1. The van der Waals surface area contributed by atoms with E-state index in [-0.39, 0.29) is 0 Å². The molecule has 1 aliphatic carbocycles. The van der Waals surface area contributed by atoms with Crippen molar-refractivity contribution >= 4 is 49.4 Å². The van der Waals surface area contributed by atoms with E-state index in [2.05, 4.69) is 48.4 Å². The topological polar surface area (TPSA) is 24.9 Å². The smallest absolute Gasteiger partial charge is 0.140 e. The van der Waals surface area contributed by atoms with Crippen LogP contribution in [0.5, 0.6) is 0 Å². The number of pyridine rings is 1. The average Bonchev–Trinajstić information content (AvgIpc) is 2.97. The fraction of sp³-hybridized carbons (Fsp3) is 0.500. The van der Waals surface area contributed by atoms with E-state index >= 15 is 0 Å². The largest absolute Gasteiger partial charge is 0.368 e. The Bertz CT molecular complexity index is 366. The average molecular weight is 352 g/mol. The van der Waals surface area contributed by atoms with Gasteiger partial charge in [0.1, 0.15) is 5.82 Å². The Labute approximate surface area is 111 Å². The van der Waals surface area contributed by atoms with Crippen molar-refractivity contribution in [2.75, 3.05) is 18.1 Å². The van der Waals surface area contributed by atoms with Gasteiger partial charge in [-0.2, -0.15) is 11.8 Å². The predicted octanol–water partition coefficient (Wildman–Crippen LogP) is 3.91. The summed E-state index contributed by atoms with van der Waals surface area (Å²) >= 11 is 8.84. The van der Waals surface area contributed by atoms with Crippen molar-refractivity contribution in [2.24, 2.45) is 0 Å². The molecule has 1 aromatic heterocycles. The molecule has 2 nitrogen and oxygen atoms in total. The van der Waals surface area contributed by atoms with Crippen LogP contribution in [0.25, 0.3) is 0 Å². The molecule has 1 saturated carbocycles. The fourth-order valence-electron chi connectivity index (χ4n) is 1.38. The quantitative estimate of drug-likeness (QED) is 0.890. The van der Waals surface area contributed by atoms with Gasteiger partial charge >= 0.3 is 0 Å². The summed E-state index contributed by atoms with van der Waals surface area (Å²) in [6.07, 6.45) is 6.62. The number of anilines is 1. The summed E-state index contributed by atoms with van der Waals surface area (Å²) in [7, 11) is 0. The van der Waals surface area contributed by atoms with Gasteiger partial charge in [-0.25, -0.2) is 4.98 Å². The predicted molar refractivity (Wildman–Crippen MR) is 73.6 cm³/mol. The van der Waals surface area contributed by atoms with Crippen LogP contribution in [0, 0.1) is 0 Å². The van der Waals surface area contributed by atoms with Crippen molar-refractivity contribution in [1.29, 1.82) is 0 Å². The zero-order valence-corrected chi connectivity index (χ0v) is 12.4. The molecule has 0 aliphatic heterocycles. The fourth-order valence-corrected chi connectivity index (χ4v) is 3.24. The van der Waals surface area contributed by atoms with E-state index in [1.54, 1.807) is 0 Å². The minimum absolute atomic E-state index is 0.466. The SMILES string of the molecule is CSC1(CNc2ncc(Br)cc2Br)CC1. The molecule has 1 fully saturated rings. The van der Waals surface area contributed by atoms with Gasteiger partial charge in [0, 0.05) is 22.0 Å². The maximum atomic E-state index is 4.33. The Morgan fingerprint density at radius 1 is 1.53 bits per heavy atom. The summed E-state index contributed by atoms with van der Waals surface area (Å²) in [6.45, 7) is 1.00. The number of thioether (sulfide) groups is 1. The van der Waals surface area contributed by atoms with E-state index in [1.165, 1.54) is 12.8 Å². The number of aromatic nitrogens is 1. The number of halogens is 2. The van der Waals surface area contributed by atoms with Crippen molar-refractivity contribution in [3.63, 3.8) is 0 Å². The van der Waals surface area contributed by atoms with Crippen LogP contribution in [0.4, 0.5) is 5.82 Å². The maximum Gasteiger partial charge on any atom is 0.140 e. The summed E-state index contributed by atoms with van der Waals surface area (Å²) in [6, 6.07) is 2.01. The zero-order valence-electron chi connectivity index (χ0n) is 8.39. The standard InChI is InChI=1S/C10H12Br2N2S/c1-15-10(2-3-10)6-14-9-8(12)4-7(11)5-13-9/h4-5H,2-3,6H2,1H3,(H,13,14). The molecule has 0 atom stereocenters. The highest BCUT2D eigenvalue weighted by molar-refractivity contribution is 9.11. The van der Waals surface area contributed by atoms with Crippen molar-refractivity contribution in [2.45, 2.75) is 17.6 Å². The lowest BCUT2D eigenvalue weighted by Gasteiger charge is -2.14. The van der Waals surface area contributed by atoms with Gasteiger partial charge in [-0.05, 0) is 57.0 Å². The molecule has 2 rings (SSSR count). The first-order chi connectivity index (χ1) is 7.15. The Hall–Kier alpha value is 0.260. The first-order valence-corrected chi connectivity index (χ1v) is 7.56. The summed E-state index contributed by atoms with van der Waals surface area (Å²) < 4.78 is 2.47. The minimum Gasteiger partial charge on any atom is -0.368 e. The number of nitrogens with one attached hydrogen (secondary N) is 1. The lowest BCUT2D eigenvalue weighted by Crippen LogP contribution is -2.18. The maximum absolute atomic E-state index is 4.33. The van der Waals surface area contributed by atoms with Crippen LogP contribution in [-0.4, -0.2) is 22.5 Å². The van der Waals surface area contributed by atoms with Crippen LogP contribution in [0.3, 0.4) is 0 Å². The number of rotatable bonds is 4. The Morgan fingerprint density at radius 2 is 2.27 bits per heavy atom. The molecule has 0 bridgehead atoms. The molecule has 1 heterocycles. The molecular formula is C10H12Br2N2S. The zero-order chi connectivity index (χ0) is 10.9. The second-order valence-electron chi connectivity index (χ2n) is 3.72. The molecule has 0 unspecified atom stereocenters. The van der Waals surface area contributed by atoms with Crippen LogP contribution in [-0.2, 0) is 0 Å². The molecule has 0 radical (unpaired) electrons. The minimum atomic E-state index is 0.466. The second-order valence-corrected chi connectivity index (χ2v) is 6.77. The van der Waals surface area contributed by atoms with Gasteiger partial charge in [-0.15, -0.1) is 0 Å². The van der Waals surface area contributed by atoms with Crippen LogP contribution in [0.15, 0.2) is 21.2 Å². The van der Waals surface area contributed by atoms with Gasteiger partial charge in [-0.1, -0.05) is 0 Å². The number of hydrogen-bond acceptors (Lipinski definition) is 3. The first kappa shape index (κ1) is 11.7.